The van der Waals surface area contributed by atoms with E-state index in [2.05, 4.69) is 15.3 Å². The maximum absolute atomic E-state index is 9.77. The number of aliphatic hydroxyl groups excluding tert-OH is 1. The van der Waals surface area contributed by atoms with Gasteiger partial charge in [0, 0.05) is 11.6 Å². The van der Waals surface area contributed by atoms with Crippen LogP contribution in [0.3, 0.4) is 0 Å². The lowest BCUT2D eigenvalue weighted by atomic mass is 10.2. The smallest absolute Gasteiger partial charge is 0.112 e. The summed E-state index contributed by atoms with van der Waals surface area (Å²) in [5, 5.41) is 18.9. The van der Waals surface area contributed by atoms with E-state index in [1.807, 2.05) is 37.3 Å². The number of benzene rings is 1. The lowest BCUT2D eigenvalue weighted by molar-refractivity contribution is 0.169. The SMILES string of the molecule is CCC(O)c1cn(-c2cccc3ncccc23)nn1. The molecular weight excluding hydrogens is 240 g/mol. The summed E-state index contributed by atoms with van der Waals surface area (Å²) in [4.78, 5) is 4.31. The van der Waals surface area contributed by atoms with Crippen LogP contribution in [0.1, 0.15) is 25.1 Å². The molecule has 3 rings (SSSR count). The minimum Gasteiger partial charge on any atom is -0.387 e. The van der Waals surface area contributed by atoms with Gasteiger partial charge < -0.3 is 5.11 Å². The first-order valence-electron chi connectivity index (χ1n) is 6.24. The molecule has 0 fully saturated rings. The maximum Gasteiger partial charge on any atom is 0.112 e. The van der Waals surface area contributed by atoms with Crippen molar-refractivity contribution in [3.8, 4) is 5.69 Å². The number of hydrogen-bond donors (Lipinski definition) is 1. The third-order valence-electron chi connectivity index (χ3n) is 3.11. The molecular formula is C14H14N4O. The van der Waals surface area contributed by atoms with Crippen LogP contribution in [0.15, 0.2) is 42.7 Å². The van der Waals surface area contributed by atoms with Gasteiger partial charge in [0.05, 0.1) is 23.5 Å². The van der Waals surface area contributed by atoms with E-state index in [1.165, 1.54) is 0 Å². The van der Waals surface area contributed by atoms with Crippen molar-refractivity contribution in [1.29, 1.82) is 0 Å². The summed E-state index contributed by atoms with van der Waals surface area (Å²) in [6, 6.07) is 9.74. The summed E-state index contributed by atoms with van der Waals surface area (Å²) >= 11 is 0. The summed E-state index contributed by atoms with van der Waals surface area (Å²) in [7, 11) is 0. The zero-order valence-electron chi connectivity index (χ0n) is 10.6. The molecule has 0 spiro atoms. The highest BCUT2D eigenvalue weighted by Gasteiger charge is 2.11. The fraction of sp³-hybridized carbons (Fsp3) is 0.214. The lowest BCUT2D eigenvalue weighted by Crippen LogP contribution is -1.96. The van der Waals surface area contributed by atoms with Gasteiger partial charge >= 0.3 is 0 Å². The number of aromatic nitrogens is 4. The molecule has 2 aromatic heterocycles. The van der Waals surface area contributed by atoms with Crippen molar-refractivity contribution in [3.05, 3.63) is 48.4 Å². The molecule has 0 saturated carbocycles. The molecule has 96 valence electrons. The first-order chi connectivity index (χ1) is 9.29. The Morgan fingerprint density at radius 2 is 2.16 bits per heavy atom. The number of rotatable bonds is 3. The van der Waals surface area contributed by atoms with E-state index in [0.717, 1.165) is 16.6 Å². The number of pyridine rings is 1. The molecule has 0 radical (unpaired) electrons. The van der Waals surface area contributed by atoms with Crippen molar-refractivity contribution in [2.75, 3.05) is 0 Å². The van der Waals surface area contributed by atoms with Gasteiger partial charge in [0.1, 0.15) is 5.69 Å². The molecule has 0 aliphatic heterocycles. The Labute approximate surface area is 110 Å². The highest BCUT2D eigenvalue weighted by molar-refractivity contribution is 5.86. The molecule has 3 aromatic rings. The van der Waals surface area contributed by atoms with Crippen LogP contribution in [0.25, 0.3) is 16.6 Å². The Bertz CT molecular complexity index is 702. The molecule has 19 heavy (non-hydrogen) atoms. The van der Waals surface area contributed by atoms with Gasteiger partial charge in [-0.3, -0.25) is 4.98 Å². The van der Waals surface area contributed by atoms with Crippen LogP contribution in [-0.2, 0) is 0 Å². The molecule has 0 bridgehead atoms. The quantitative estimate of drug-likeness (QED) is 0.778. The molecule has 0 aliphatic carbocycles. The molecule has 0 amide bonds. The predicted molar refractivity (Wildman–Crippen MR) is 71.9 cm³/mol. The Kier molecular flexibility index (Phi) is 2.97. The van der Waals surface area contributed by atoms with E-state index in [9.17, 15) is 5.11 Å². The summed E-state index contributed by atoms with van der Waals surface area (Å²) in [6.07, 6.45) is 3.58. The van der Waals surface area contributed by atoms with Gasteiger partial charge in [-0.1, -0.05) is 18.2 Å². The Hall–Kier alpha value is -2.27. The van der Waals surface area contributed by atoms with E-state index in [0.29, 0.717) is 12.1 Å². The molecule has 2 heterocycles. The predicted octanol–water partition coefficient (Wildman–Crippen LogP) is 2.26. The van der Waals surface area contributed by atoms with Crippen molar-refractivity contribution in [2.24, 2.45) is 0 Å². The van der Waals surface area contributed by atoms with E-state index in [-0.39, 0.29) is 0 Å². The molecule has 5 nitrogen and oxygen atoms in total. The second-order valence-electron chi connectivity index (χ2n) is 4.36. The molecule has 1 unspecified atom stereocenters. The zero-order chi connectivity index (χ0) is 13.2. The fourth-order valence-electron chi connectivity index (χ4n) is 2.04. The van der Waals surface area contributed by atoms with Gasteiger partial charge in [0.2, 0.25) is 0 Å². The summed E-state index contributed by atoms with van der Waals surface area (Å²) in [5.41, 5.74) is 2.41. The van der Waals surface area contributed by atoms with Crippen molar-refractivity contribution >= 4 is 10.9 Å². The Morgan fingerprint density at radius 1 is 1.26 bits per heavy atom. The average molecular weight is 254 g/mol. The van der Waals surface area contributed by atoms with Crippen molar-refractivity contribution < 1.29 is 5.11 Å². The van der Waals surface area contributed by atoms with Crippen LogP contribution in [0, 0.1) is 0 Å². The molecule has 1 N–H and O–H groups in total. The molecule has 5 heteroatoms. The highest BCUT2D eigenvalue weighted by Crippen LogP contribution is 2.21. The van der Waals surface area contributed by atoms with Gasteiger partial charge in [-0.2, -0.15) is 0 Å². The van der Waals surface area contributed by atoms with Crippen molar-refractivity contribution in [1.82, 2.24) is 20.0 Å². The summed E-state index contributed by atoms with van der Waals surface area (Å²) in [5.74, 6) is 0. The first-order valence-corrected chi connectivity index (χ1v) is 6.24. The zero-order valence-corrected chi connectivity index (χ0v) is 10.6. The van der Waals surface area contributed by atoms with Crippen molar-refractivity contribution in [3.63, 3.8) is 0 Å². The second kappa shape index (κ2) is 4.78. The molecule has 0 aliphatic rings. The van der Waals surface area contributed by atoms with Gasteiger partial charge in [-0.25, -0.2) is 4.68 Å². The second-order valence-corrected chi connectivity index (χ2v) is 4.36. The number of aliphatic hydroxyl groups is 1. The minimum atomic E-state index is -0.568. The molecule has 1 atom stereocenters. The van der Waals surface area contributed by atoms with Crippen LogP contribution in [-0.4, -0.2) is 25.1 Å². The van der Waals surface area contributed by atoms with E-state index in [4.69, 9.17) is 0 Å². The van der Waals surface area contributed by atoms with Gasteiger partial charge in [-0.15, -0.1) is 5.10 Å². The topological polar surface area (TPSA) is 63.8 Å². The molecule has 0 saturated heterocycles. The van der Waals surface area contributed by atoms with Gasteiger partial charge in [0.15, 0.2) is 0 Å². The Balaban J connectivity index is 2.12. The van der Waals surface area contributed by atoms with Gasteiger partial charge in [0.25, 0.3) is 0 Å². The monoisotopic (exact) mass is 254 g/mol. The maximum atomic E-state index is 9.77. The van der Waals surface area contributed by atoms with Gasteiger partial charge in [-0.05, 0) is 30.7 Å². The Morgan fingerprint density at radius 3 is 3.00 bits per heavy atom. The normalized spacial score (nSPS) is 12.7. The average Bonchev–Trinajstić information content (AvgIpc) is 2.95. The standard InChI is InChI=1S/C14H14N4O/c1-2-14(19)12-9-18(17-16-12)13-7-3-6-11-10(13)5-4-8-15-11/h3-9,14,19H,2H2,1H3. The third-order valence-corrected chi connectivity index (χ3v) is 3.11. The van der Waals surface area contributed by atoms with E-state index < -0.39 is 6.10 Å². The number of nitrogens with zero attached hydrogens (tertiary/aromatic N) is 4. The highest BCUT2D eigenvalue weighted by atomic mass is 16.3. The number of fused-ring (bicyclic) bond motifs is 1. The third kappa shape index (κ3) is 2.08. The van der Waals surface area contributed by atoms with E-state index >= 15 is 0 Å². The van der Waals surface area contributed by atoms with Crippen molar-refractivity contribution in [2.45, 2.75) is 19.4 Å². The summed E-state index contributed by atoms with van der Waals surface area (Å²) in [6.45, 7) is 1.91. The lowest BCUT2D eigenvalue weighted by Gasteiger charge is -2.05. The first kappa shape index (κ1) is 11.8. The van der Waals surface area contributed by atoms with Crippen LogP contribution in [0.2, 0.25) is 0 Å². The van der Waals surface area contributed by atoms with E-state index in [1.54, 1.807) is 17.1 Å². The van der Waals surface area contributed by atoms with Crippen LogP contribution < -0.4 is 0 Å². The minimum absolute atomic E-state index is 0.568. The van der Waals surface area contributed by atoms with Crippen LogP contribution >= 0.6 is 0 Å². The largest absolute Gasteiger partial charge is 0.387 e. The fourth-order valence-corrected chi connectivity index (χ4v) is 2.04. The van der Waals surface area contributed by atoms with Crippen LogP contribution in [0.5, 0.6) is 0 Å². The molecule has 1 aromatic carbocycles. The number of hydrogen-bond acceptors (Lipinski definition) is 4. The van der Waals surface area contributed by atoms with Crippen LogP contribution in [0.4, 0.5) is 0 Å². The summed E-state index contributed by atoms with van der Waals surface area (Å²) < 4.78 is 1.68.